The fourth-order valence-electron chi connectivity index (χ4n) is 2.92. The Morgan fingerprint density at radius 1 is 0.833 bits per heavy atom. The summed E-state index contributed by atoms with van der Waals surface area (Å²) in [5.41, 5.74) is 5.46. The van der Waals surface area contributed by atoms with E-state index in [9.17, 15) is 0 Å². The highest BCUT2D eigenvalue weighted by Crippen LogP contribution is 2.30. The molecule has 0 saturated carbocycles. The van der Waals surface area contributed by atoms with Gasteiger partial charge in [0.1, 0.15) is 11.2 Å². The lowest BCUT2D eigenvalue weighted by Crippen LogP contribution is -1.84. The fraction of sp³-hybridized carbons (Fsp3) is 0. The van der Waals surface area contributed by atoms with Crippen molar-refractivity contribution in [1.82, 2.24) is 30.1 Å². The number of nitrogens with zero attached hydrogens (tertiary/aromatic N) is 4. The molecule has 24 heavy (non-hydrogen) atoms. The molecule has 6 nitrogen and oxygen atoms in total. The smallest absolute Gasteiger partial charge is 0.159 e. The number of rotatable bonds is 2. The van der Waals surface area contributed by atoms with Crippen LogP contribution in [0.15, 0.2) is 61.2 Å². The molecule has 0 amide bonds. The third-order valence-electron chi connectivity index (χ3n) is 4.06. The predicted octanol–water partition coefficient (Wildman–Crippen LogP) is 3.56. The van der Waals surface area contributed by atoms with Crippen molar-refractivity contribution in [3.05, 3.63) is 61.2 Å². The molecule has 5 aromatic rings. The first-order valence-corrected chi connectivity index (χ1v) is 7.58. The summed E-state index contributed by atoms with van der Waals surface area (Å²) in [6.45, 7) is 0. The topological polar surface area (TPSA) is 83.1 Å². The molecule has 5 rings (SSSR count). The largest absolute Gasteiger partial charge is 0.335 e. The zero-order chi connectivity index (χ0) is 15.9. The summed E-state index contributed by atoms with van der Waals surface area (Å²) in [4.78, 5) is 16.6. The number of imidazole rings is 1. The van der Waals surface area contributed by atoms with Crippen LogP contribution in [0.1, 0.15) is 0 Å². The number of pyridine rings is 2. The van der Waals surface area contributed by atoms with Crippen molar-refractivity contribution in [2.75, 3.05) is 0 Å². The van der Waals surface area contributed by atoms with Crippen LogP contribution in [0, 0.1) is 0 Å². The number of benzene rings is 1. The zero-order valence-electron chi connectivity index (χ0n) is 12.6. The van der Waals surface area contributed by atoms with E-state index in [1.54, 1.807) is 12.4 Å². The van der Waals surface area contributed by atoms with Crippen molar-refractivity contribution >= 4 is 21.9 Å². The highest BCUT2D eigenvalue weighted by molar-refractivity contribution is 5.96. The van der Waals surface area contributed by atoms with Crippen molar-refractivity contribution in [1.29, 1.82) is 0 Å². The number of aromatic amines is 2. The van der Waals surface area contributed by atoms with Crippen LogP contribution in [0.25, 0.3) is 44.6 Å². The van der Waals surface area contributed by atoms with Gasteiger partial charge in [-0.3, -0.25) is 15.1 Å². The van der Waals surface area contributed by atoms with E-state index in [-0.39, 0.29) is 0 Å². The molecule has 0 aliphatic rings. The fourth-order valence-corrected chi connectivity index (χ4v) is 2.92. The highest BCUT2D eigenvalue weighted by atomic mass is 15.1. The predicted molar refractivity (Wildman–Crippen MR) is 92.2 cm³/mol. The minimum absolute atomic E-state index is 0.723. The van der Waals surface area contributed by atoms with Crippen LogP contribution in [0.4, 0.5) is 0 Å². The molecule has 6 heteroatoms. The van der Waals surface area contributed by atoms with E-state index in [4.69, 9.17) is 4.98 Å². The Kier molecular flexibility index (Phi) is 2.69. The molecule has 0 spiro atoms. The van der Waals surface area contributed by atoms with Crippen molar-refractivity contribution in [2.24, 2.45) is 0 Å². The first-order chi connectivity index (χ1) is 11.9. The average Bonchev–Trinajstić information content (AvgIpc) is 3.25. The van der Waals surface area contributed by atoms with Crippen LogP contribution in [-0.2, 0) is 0 Å². The van der Waals surface area contributed by atoms with E-state index in [0.29, 0.717) is 0 Å². The second-order valence-electron chi connectivity index (χ2n) is 5.53. The molecule has 0 radical (unpaired) electrons. The molecule has 0 saturated heterocycles. The SMILES string of the molecule is c1cncc(-c2cncc3[nH]c(-c4n[nH]c5ccccc45)nc23)c1. The molecular formula is C18H12N6. The molecule has 0 unspecified atom stereocenters. The number of nitrogens with one attached hydrogen (secondary N) is 2. The maximum Gasteiger partial charge on any atom is 0.159 e. The lowest BCUT2D eigenvalue weighted by Gasteiger charge is -2.00. The summed E-state index contributed by atoms with van der Waals surface area (Å²) in [7, 11) is 0. The highest BCUT2D eigenvalue weighted by Gasteiger charge is 2.15. The first-order valence-electron chi connectivity index (χ1n) is 7.58. The number of para-hydroxylation sites is 1. The van der Waals surface area contributed by atoms with Gasteiger partial charge in [-0.15, -0.1) is 0 Å². The Morgan fingerprint density at radius 2 is 1.79 bits per heavy atom. The van der Waals surface area contributed by atoms with E-state index < -0.39 is 0 Å². The third kappa shape index (κ3) is 1.90. The lowest BCUT2D eigenvalue weighted by atomic mass is 10.1. The standard InChI is InChI=1S/C18H12N6/c1-2-6-14-12(5-1)17(24-23-14)18-21-15-10-20-9-13(16(15)22-18)11-4-3-7-19-8-11/h1-10H,(H,21,22)(H,23,24). The van der Waals surface area contributed by atoms with Gasteiger partial charge in [0.05, 0.1) is 17.2 Å². The molecule has 4 heterocycles. The normalized spacial score (nSPS) is 11.3. The van der Waals surface area contributed by atoms with E-state index in [1.165, 1.54) is 0 Å². The van der Waals surface area contributed by atoms with Crippen molar-refractivity contribution in [3.63, 3.8) is 0 Å². The minimum Gasteiger partial charge on any atom is -0.335 e. The van der Waals surface area contributed by atoms with Gasteiger partial charge in [-0.2, -0.15) is 5.10 Å². The number of hydrogen-bond donors (Lipinski definition) is 2. The molecular weight excluding hydrogens is 300 g/mol. The Hall–Kier alpha value is -3.54. The molecule has 0 aliphatic carbocycles. The van der Waals surface area contributed by atoms with Crippen LogP contribution in [0.3, 0.4) is 0 Å². The van der Waals surface area contributed by atoms with Crippen molar-refractivity contribution in [3.8, 4) is 22.6 Å². The Labute approximate surface area is 136 Å². The Morgan fingerprint density at radius 3 is 2.71 bits per heavy atom. The minimum atomic E-state index is 0.723. The van der Waals surface area contributed by atoms with Crippen molar-refractivity contribution in [2.45, 2.75) is 0 Å². The third-order valence-corrected chi connectivity index (χ3v) is 4.06. The van der Waals surface area contributed by atoms with E-state index >= 15 is 0 Å². The van der Waals surface area contributed by atoms with Gasteiger partial charge in [-0.05, 0) is 12.1 Å². The van der Waals surface area contributed by atoms with Gasteiger partial charge >= 0.3 is 0 Å². The van der Waals surface area contributed by atoms with Crippen LogP contribution in [0.5, 0.6) is 0 Å². The van der Waals surface area contributed by atoms with Gasteiger partial charge in [-0.25, -0.2) is 4.98 Å². The maximum absolute atomic E-state index is 4.78. The summed E-state index contributed by atoms with van der Waals surface area (Å²) >= 11 is 0. The Balaban J connectivity index is 1.75. The van der Waals surface area contributed by atoms with Gasteiger partial charge < -0.3 is 4.98 Å². The van der Waals surface area contributed by atoms with Crippen LogP contribution < -0.4 is 0 Å². The summed E-state index contributed by atoms with van der Waals surface area (Å²) in [5.74, 6) is 0.723. The van der Waals surface area contributed by atoms with Gasteiger partial charge in [0.15, 0.2) is 5.82 Å². The number of fused-ring (bicyclic) bond motifs is 2. The average molecular weight is 312 g/mol. The monoisotopic (exact) mass is 312 g/mol. The van der Waals surface area contributed by atoms with Gasteiger partial charge in [0.25, 0.3) is 0 Å². The van der Waals surface area contributed by atoms with Crippen LogP contribution in [0.2, 0.25) is 0 Å². The number of H-pyrrole nitrogens is 2. The van der Waals surface area contributed by atoms with Gasteiger partial charge in [-0.1, -0.05) is 24.3 Å². The molecule has 0 fully saturated rings. The number of hydrogen-bond acceptors (Lipinski definition) is 4. The van der Waals surface area contributed by atoms with E-state index in [2.05, 4.69) is 25.1 Å². The van der Waals surface area contributed by atoms with E-state index in [1.807, 2.05) is 48.8 Å². The summed E-state index contributed by atoms with van der Waals surface area (Å²) in [6, 6.07) is 11.9. The molecule has 4 aromatic heterocycles. The molecule has 114 valence electrons. The van der Waals surface area contributed by atoms with Gasteiger partial charge in [0, 0.05) is 35.1 Å². The summed E-state index contributed by atoms with van der Waals surface area (Å²) in [5, 5.41) is 8.49. The Bertz CT molecular complexity index is 1160. The van der Waals surface area contributed by atoms with E-state index in [0.717, 1.165) is 44.6 Å². The van der Waals surface area contributed by atoms with Gasteiger partial charge in [0.2, 0.25) is 0 Å². The maximum atomic E-state index is 4.78. The number of aromatic nitrogens is 6. The zero-order valence-corrected chi connectivity index (χ0v) is 12.6. The first kappa shape index (κ1) is 13.0. The second-order valence-corrected chi connectivity index (χ2v) is 5.53. The molecule has 0 atom stereocenters. The molecule has 0 bridgehead atoms. The molecule has 2 N–H and O–H groups in total. The van der Waals surface area contributed by atoms with Crippen LogP contribution >= 0.6 is 0 Å². The summed E-state index contributed by atoms with van der Waals surface area (Å²) in [6.07, 6.45) is 7.16. The lowest BCUT2D eigenvalue weighted by molar-refractivity contribution is 1.11. The quantitative estimate of drug-likeness (QED) is 0.522. The summed E-state index contributed by atoms with van der Waals surface area (Å²) < 4.78 is 0. The second kappa shape index (κ2) is 4.99. The molecule has 0 aliphatic heterocycles. The molecule has 1 aromatic carbocycles. The van der Waals surface area contributed by atoms with Crippen LogP contribution in [-0.4, -0.2) is 30.1 Å². The van der Waals surface area contributed by atoms with Crippen molar-refractivity contribution < 1.29 is 0 Å².